The number of hydrogen-bond donors (Lipinski definition) is 0. The number of imidazole rings is 1. The Kier molecular flexibility index (Phi) is 2.69. The molecule has 6 heteroatoms. The smallest absolute Gasteiger partial charge is 0.268 e. The fourth-order valence-electron chi connectivity index (χ4n) is 3.92. The van der Waals surface area contributed by atoms with Crippen molar-refractivity contribution in [2.45, 2.75) is 0 Å². The molecule has 3 aromatic heterocycles. The number of benzene rings is 3. The molecule has 0 aliphatic heterocycles. The van der Waals surface area contributed by atoms with Gasteiger partial charge in [0.05, 0.1) is 10.9 Å². The number of hydrogen-bond acceptors (Lipinski definition) is 4. The Morgan fingerprint density at radius 2 is 1.25 bits per heavy atom. The predicted octanol–water partition coefficient (Wildman–Crippen LogP) is 2.56. The first-order valence-electron chi connectivity index (χ1n) is 8.79. The minimum absolute atomic E-state index is 0.0449. The van der Waals surface area contributed by atoms with E-state index in [2.05, 4.69) is 4.98 Å². The van der Waals surface area contributed by atoms with Gasteiger partial charge in [-0.15, -0.1) is 0 Å². The summed E-state index contributed by atoms with van der Waals surface area (Å²) in [6, 6.07) is 19.8. The Morgan fingerprint density at radius 1 is 0.607 bits per heavy atom. The zero-order valence-corrected chi connectivity index (χ0v) is 14.4. The van der Waals surface area contributed by atoms with Crippen molar-refractivity contribution in [3.63, 3.8) is 0 Å². The van der Waals surface area contributed by atoms with Crippen LogP contribution in [0.15, 0.2) is 81.1 Å². The summed E-state index contributed by atoms with van der Waals surface area (Å²) in [5.74, 6) is 0.0449. The van der Waals surface area contributed by atoms with Gasteiger partial charge in [-0.2, -0.15) is 0 Å². The number of nitrogens with zero attached hydrogens (tertiary/aromatic N) is 3. The van der Waals surface area contributed by atoms with Crippen LogP contribution >= 0.6 is 0 Å². The molecule has 28 heavy (non-hydrogen) atoms. The maximum atomic E-state index is 13.1. The van der Waals surface area contributed by atoms with Crippen molar-refractivity contribution in [1.82, 2.24) is 13.8 Å². The maximum absolute atomic E-state index is 13.1. The number of aromatic nitrogens is 3. The molecule has 0 atom stereocenters. The molecule has 6 rings (SSSR count). The first-order chi connectivity index (χ1) is 13.6. The minimum Gasteiger partial charge on any atom is -0.268 e. The van der Waals surface area contributed by atoms with Crippen LogP contribution in [0.4, 0.5) is 0 Å². The quantitative estimate of drug-likeness (QED) is 0.388. The van der Waals surface area contributed by atoms with Crippen molar-refractivity contribution < 1.29 is 0 Å². The van der Waals surface area contributed by atoms with E-state index in [1.165, 1.54) is 4.40 Å². The van der Waals surface area contributed by atoms with E-state index in [1.54, 1.807) is 36.4 Å². The van der Waals surface area contributed by atoms with Gasteiger partial charge in [-0.1, -0.05) is 42.5 Å². The normalized spacial score (nSPS) is 12.0. The van der Waals surface area contributed by atoms with Crippen molar-refractivity contribution in [1.29, 1.82) is 0 Å². The highest BCUT2D eigenvalue weighted by molar-refractivity contribution is 5.97. The molecule has 3 aromatic carbocycles. The third-order valence-electron chi connectivity index (χ3n) is 5.27. The maximum Gasteiger partial charge on any atom is 0.284 e. The second-order valence-electron chi connectivity index (χ2n) is 6.83. The molecule has 0 unspecified atom stereocenters. The lowest BCUT2D eigenvalue weighted by Crippen LogP contribution is -2.23. The van der Waals surface area contributed by atoms with Crippen molar-refractivity contribution >= 4 is 43.7 Å². The lowest BCUT2D eigenvalue weighted by atomic mass is 10.1. The highest BCUT2D eigenvalue weighted by atomic mass is 16.2. The first-order valence-corrected chi connectivity index (χ1v) is 8.79. The molecule has 0 aliphatic rings. The van der Waals surface area contributed by atoms with Gasteiger partial charge in [0, 0.05) is 5.39 Å². The molecule has 0 saturated carbocycles. The molecule has 0 bridgehead atoms. The summed E-state index contributed by atoms with van der Waals surface area (Å²) in [6.45, 7) is 0. The number of fused-ring (bicyclic) bond motifs is 6. The monoisotopic (exact) mass is 365 g/mol. The van der Waals surface area contributed by atoms with Crippen LogP contribution in [-0.4, -0.2) is 13.8 Å². The van der Waals surface area contributed by atoms with Crippen LogP contribution in [0.25, 0.3) is 43.7 Å². The summed E-state index contributed by atoms with van der Waals surface area (Å²) < 4.78 is 2.23. The van der Waals surface area contributed by atoms with E-state index in [4.69, 9.17) is 0 Å². The van der Waals surface area contributed by atoms with Gasteiger partial charge in [-0.3, -0.25) is 14.4 Å². The van der Waals surface area contributed by atoms with Crippen LogP contribution < -0.4 is 16.7 Å². The molecule has 0 N–H and O–H groups in total. The molecule has 3 heterocycles. The van der Waals surface area contributed by atoms with Crippen LogP contribution in [-0.2, 0) is 0 Å². The first kappa shape index (κ1) is 15.0. The molecular formula is C22H11N3O3. The summed E-state index contributed by atoms with van der Waals surface area (Å²) >= 11 is 0. The topological polar surface area (TPSA) is 72.9 Å². The predicted molar refractivity (Wildman–Crippen MR) is 109 cm³/mol. The molecule has 0 radical (unpaired) electrons. The fourth-order valence-corrected chi connectivity index (χ4v) is 3.92. The van der Waals surface area contributed by atoms with Gasteiger partial charge in [0.1, 0.15) is 5.52 Å². The summed E-state index contributed by atoms with van der Waals surface area (Å²) in [6.07, 6.45) is 0. The largest absolute Gasteiger partial charge is 0.284 e. The molecule has 0 saturated heterocycles. The van der Waals surface area contributed by atoms with Gasteiger partial charge < -0.3 is 0 Å². The average molecular weight is 365 g/mol. The molecule has 6 nitrogen and oxygen atoms in total. The summed E-state index contributed by atoms with van der Waals surface area (Å²) in [4.78, 5) is 43.7. The van der Waals surface area contributed by atoms with E-state index in [1.807, 2.05) is 30.3 Å². The molecular weight excluding hydrogens is 354 g/mol. The summed E-state index contributed by atoms with van der Waals surface area (Å²) in [5.41, 5.74) is -0.767. The van der Waals surface area contributed by atoms with E-state index < -0.39 is 11.1 Å². The van der Waals surface area contributed by atoms with E-state index in [9.17, 15) is 14.4 Å². The SMILES string of the molecule is O=c1c2cc3ccccc3cc2nc2n1c(=O)c1cc3ccccc3c(=O)n12. The highest BCUT2D eigenvalue weighted by Gasteiger charge is 2.18. The summed E-state index contributed by atoms with van der Waals surface area (Å²) in [7, 11) is 0. The Morgan fingerprint density at radius 3 is 2.04 bits per heavy atom. The van der Waals surface area contributed by atoms with Crippen LogP contribution in [0, 0.1) is 0 Å². The van der Waals surface area contributed by atoms with Crippen LogP contribution in [0.3, 0.4) is 0 Å². The molecule has 132 valence electrons. The van der Waals surface area contributed by atoms with Gasteiger partial charge in [0.15, 0.2) is 0 Å². The van der Waals surface area contributed by atoms with E-state index in [0.29, 0.717) is 21.7 Å². The van der Waals surface area contributed by atoms with E-state index in [-0.39, 0.29) is 16.9 Å². The minimum atomic E-state index is -0.537. The van der Waals surface area contributed by atoms with E-state index >= 15 is 0 Å². The average Bonchev–Trinajstić information content (AvgIpc) is 2.99. The van der Waals surface area contributed by atoms with Crippen molar-refractivity contribution in [3.8, 4) is 0 Å². The van der Waals surface area contributed by atoms with Crippen LogP contribution in [0.2, 0.25) is 0 Å². The number of pyridine rings is 1. The van der Waals surface area contributed by atoms with Crippen molar-refractivity contribution in [3.05, 3.63) is 97.8 Å². The van der Waals surface area contributed by atoms with Gasteiger partial charge in [0.25, 0.3) is 16.7 Å². The van der Waals surface area contributed by atoms with Gasteiger partial charge >= 0.3 is 0 Å². The Hall–Kier alpha value is -4.06. The van der Waals surface area contributed by atoms with Crippen molar-refractivity contribution in [2.75, 3.05) is 0 Å². The Labute approximate surface area is 155 Å². The molecule has 0 fully saturated rings. The van der Waals surface area contributed by atoms with E-state index in [0.717, 1.165) is 15.2 Å². The standard InChI is InChI=1S/C22H11N3O3/c26-19-15-8-4-3-7-14(15)11-18-21(28)25-20(27)16-9-12-5-1-2-6-13(12)10-17(16)23-22(25)24(18)19/h1-11H. The fraction of sp³-hybridized carbons (Fsp3) is 0. The second-order valence-corrected chi connectivity index (χ2v) is 6.83. The summed E-state index contributed by atoms with van der Waals surface area (Å²) in [5, 5.41) is 3.30. The van der Waals surface area contributed by atoms with Gasteiger partial charge in [0.2, 0.25) is 5.78 Å². The van der Waals surface area contributed by atoms with Gasteiger partial charge in [-0.05, 0) is 40.4 Å². The Bertz CT molecular complexity index is 1780. The van der Waals surface area contributed by atoms with Crippen molar-refractivity contribution in [2.24, 2.45) is 0 Å². The van der Waals surface area contributed by atoms with Crippen LogP contribution in [0.5, 0.6) is 0 Å². The third kappa shape index (κ3) is 1.76. The van der Waals surface area contributed by atoms with Gasteiger partial charge in [-0.25, -0.2) is 13.8 Å². The second kappa shape index (κ2) is 5.01. The lowest BCUT2D eigenvalue weighted by Gasteiger charge is -2.03. The zero-order chi connectivity index (χ0) is 19.0. The molecule has 0 amide bonds. The highest BCUT2D eigenvalue weighted by Crippen LogP contribution is 2.20. The molecule has 0 spiro atoms. The Balaban J connectivity index is 1.94. The van der Waals surface area contributed by atoms with Crippen LogP contribution in [0.1, 0.15) is 0 Å². The zero-order valence-electron chi connectivity index (χ0n) is 14.4. The number of rotatable bonds is 0. The third-order valence-corrected chi connectivity index (χ3v) is 5.27. The molecule has 6 aromatic rings. The lowest BCUT2D eigenvalue weighted by molar-refractivity contribution is 1.02. The molecule has 0 aliphatic carbocycles.